The van der Waals surface area contributed by atoms with Gasteiger partial charge in [0.05, 0.1) is 6.54 Å². The van der Waals surface area contributed by atoms with Gasteiger partial charge in [0.15, 0.2) is 0 Å². The summed E-state index contributed by atoms with van der Waals surface area (Å²) in [5.74, 6) is 2.98. The number of aromatic nitrogens is 3. The van der Waals surface area contributed by atoms with Gasteiger partial charge < -0.3 is 9.88 Å². The maximum Gasteiger partial charge on any atom is 0.146 e. The Bertz CT molecular complexity index is 388. The van der Waals surface area contributed by atoms with E-state index in [9.17, 15) is 0 Å². The lowest BCUT2D eigenvalue weighted by molar-refractivity contribution is 0.225. The third-order valence-electron chi connectivity index (χ3n) is 4.29. The second kappa shape index (κ2) is 5.36. The lowest BCUT2D eigenvalue weighted by atomic mass is 10.1. The lowest BCUT2D eigenvalue weighted by Crippen LogP contribution is -2.43. The minimum absolute atomic E-state index is 0.652. The fraction of sp³-hybridized carbons (Fsp3) is 0.846. The monoisotopic (exact) mass is 249 g/mol. The van der Waals surface area contributed by atoms with Crippen LogP contribution in [0.15, 0.2) is 0 Å². The van der Waals surface area contributed by atoms with E-state index in [1.165, 1.54) is 31.5 Å². The second-order valence-corrected chi connectivity index (χ2v) is 5.54. The molecule has 1 saturated carbocycles. The van der Waals surface area contributed by atoms with Crippen LogP contribution in [0.5, 0.6) is 0 Å². The first kappa shape index (κ1) is 12.1. The summed E-state index contributed by atoms with van der Waals surface area (Å²) in [6.07, 6.45) is 5.29. The first-order chi connectivity index (χ1) is 8.84. The van der Waals surface area contributed by atoms with Gasteiger partial charge in [0.2, 0.25) is 0 Å². The highest BCUT2D eigenvalue weighted by molar-refractivity contribution is 5.03. The minimum Gasteiger partial charge on any atom is -0.317 e. The van der Waals surface area contributed by atoms with Gasteiger partial charge >= 0.3 is 0 Å². The van der Waals surface area contributed by atoms with Crippen LogP contribution in [0.4, 0.5) is 0 Å². The Morgan fingerprint density at radius 3 is 2.61 bits per heavy atom. The summed E-state index contributed by atoms with van der Waals surface area (Å²) < 4.78 is 2.23. The quantitative estimate of drug-likeness (QED) is 0.864. The average Bonchev–Trinajstić information content (AvgIpc) is 3.02. The smallest absolute Gasteiger partial charge is 0.146 e. The normalized spacial score (nSPS) is 22.7. The van der Waals surface area contributed by atoms with Gasteiger partial charge in [-0.15, -0.1) is 10.2 Å². The van der Waals surface area contributed by atoms with Crippen LogP contribution in [0, 0.1) is 0 Å². The fourth-order valence-corrected chi connectivity index (χ4v) is 3.12. The van der Waals surface area contributed by atoms with E-state index in [4.69, 9.17) is 0 Å². The van der Waals surface area contributed by atoms with Gasteiger partial charge in [0, 0.05) is 39.1 Å². The summed E-state index contributed by atoms with van der Waals surface area (Å²) in [5, 5.41) is 12.2. The topological polar surface area (TPSA) is 46.0 Å². The average molecular weight is 249 g/mol. The predicted molar refractivity (Wildman–Crippen MR) is 70.4 cm³/mol. The Hall–Kier alpha value is -0.940. The van der Waals surface area contributed by atoms with Crippen molar-refractivity contribution in [2.24, 2.45) is 7.05 Å². The summed E-state index contributed by atoms with van der Waals surface area (Å²) in [7, 11) is 2.13. The molecular formula is C13H23N5. The fourth-order valence-electron chi connectivity index (χ4n) is 3.12. The van der Waals surface area contributed by atoms with Crippen LogP contribution in [-0.4, -0.2) is 45.8 Å². The predicted octanol–water partition coefficient (Wildman–Crippen LogP) is 0.878. The molecule has 3 rings (SSSR count). The molecule has 0 unspecified atom stereocenters. The van der Waals surface area contributed by atoms with Crippen molar-refractivity contribution < 1.29 is 0 Å². The zero-order chi connectivity index (χ0) is 12.4. The molecule has 2 fully saturated rings. The Balaban J connectivity index is 1.68. The molecule has 18 heavy (non-hydrogen) atoms. The maximum atomic E-state index is 4.43. The van der Waals surface area contributed by atoms with E-state index in [0.717, 1.165) is 38.5 Å². The number of rotatable bonds is 3. The van der Waals surface area contributed by atoms with Crippen molar-refractivity contribution in [2.45, 2.75) is 38.1 Å². The molecule has 5 heteroatoms. The molecule has 1 aromatic heterocycles. The molecule has 0 amide bonds. The number of hydrogen-bond acceptors (Lipinski definition) is 4. The van der Waals surface area contributed by atoms with Crippen LogP contribution in [0.3, 0.4) is 0 Å². The third-order valence-corrected chi connectivity index (χ3v) is 4.29. The van der Waals surface area contributed by atoms with E-state index in [1.54, 1.807) is 0 Å². The highest BCUT2D eigenvalue weighted by atomic mass is 15.3. The number of hydrogen-bond donors (Lipinski definition) is 1. The molecule has 0 atom stereocenters. The molecule has 1 aromatic rings. The Morgan fingerprint density at radius 1 is 1.17 bits per heavy atom. The van der Waals surface area contributed by atoms with Crippen molar-refractivity contribution in [3.63, 3.8) is 0 Å². The first-order valence-electron chi connectivity index (χ1n) is 7.16. The van der Waals surface area contributed by atoms with Gasteiger partial charge in [-0.3, -0.25) is 4.90 Å². The zero-order valence-corrected chi connectivity index (χ0v) is 11.2. The van der Waals surface area contributed by atoms with E-state index >= 15 is 0 Å². The largest absolute Gasteiger partial charge is 0.317 e. The second-order valence-electron chi connectivity index (χ2n) is 5.54. The molecule has 1 aliphatic heterocycles. The van der Waals surface area contributed by atoms with E-state index in [-0.39, 0.29) is 0 Å². The molecule has 5 nitrogen and oxygen atoms in total. The van der Waals surface area contributed by atoms with Gasteiger partial charge in [0.1, 0.15) is 11.6 Å². The Labute approximate surface area is 109 Å². The highest BCUT2D eigenvalue weighted by Crippen LogP contribution is 2.32. The summed E-state index contributed by atoms with van der Waals surface area (Å²) >= 11 is 0. The lowest BCUT2D eigenvalue weighted by Gasteiger charge is -2.26. The van der Waals surface area contributed by atoms with Crippen LogP contribution < -0.4 is 5.32 Å². The maximum absolute atomic E-state index is 4.43. The zero-order valence-electron chi connectivity index (χ0n) is 11.2. The van der Waals surface area contributed by atoms with Crippen molar-refractivity contribution in [3.8, 4) is 0 Å². The van der Waals surface area contributed by atoms with Crippen LogP contribution in [-0.2, 0) is 13.6 Å². The molecule has 0 aromatic carbocycles. The molecular weight excluding hydrogens is 226 g/mol. The van der Waals surface area contributed by atoms with Crippen LogP contribution in [0.25, 0.3) is 0 Å². The summed E-state index contributed by atoms with van der Waals surface area (Å²) in [5.41, 5.74) is 0. The van der Waals surface area contributed by atoms with Crippen LogP contribution in [0.1, 0.15) is 43.3 Å². The number of nitrogens with zero attached hydrogens (tertiary/aromatic N) is 4. The van der Waals surface area contributed by atoms with Crippen molar-refractivity contribution in [1.82, 2.24) is 25.0 Å². The van der Waals surface area contributed by atoms with Gasteiger partial charge in [-0.2, -0.15) is 0 Å². The van der Waals surface area contributed by atoms with Gasteiger partial charge in [-0.05, 0) is 12.8 Å². The third kappa shape index (κ3) is 2.42. The van der Waals surface area contributed by atoms with Gasteiger partial charge in [-0.25, -0.2) is 0 Å². The first-order valence-corrected chi connectivity index (χ1v) is 7.16. The standard InChI is InChI=1S/C13H23N5/c1-17-12(10-18-8-6-14-7-9-18)15-16-13(17)11-4-2-3-5-11/h11,14H,2-10H2,1H3. The van der Waals surface area contributed by atoms with Crippen LogP contribution in [0.2, 0.25) is 0 Å². The SMILES string of the molecule is Cn1c(CN2CCNCC2)nnc1C1CCCC1. The Morgan fingerprint density at radius 2 is 1.89 bits per heavy atom. The molecule has 1 aliphatic carbocycles. The molecule has 0 bridgehead atoms. The van der Waals surface area contributed by atoms with E-state index < -0.39 is 0 Å². The molecule has 2 aliphatic rings. The number of piperazine rings is 1. The minimum atomic E-state index is 0.652. The molecule has 1 saturated heterocycles. The van der Waals surface area contributed by atoms with Gasteiger partial charge in [-0.1, -0.05) is 12.8 Å². The van der Waals surface area contributed by atoms with Crippen molar-refractivity contribution in [2.75, 3.05) is 26.2 Å². The van der Waals surface area contributed by atoms with Crippen molar-refractivity contribution in [3.05, 3.63) is 11.6 Å². The van der Waals surface area contributed by atoms with E-state index in [2.05, 4.69) is 32.0 Å². The molecule has 0 spiro atoms. The summed E-state index contributed by atoms with van der Waals surface area (Å²) in [4.78, 5) is 2.46. The molecule has 0 radical (unpaired) electrons. The molecule has 100 valence electrons. The Kier molecular flexibility index (Phi) is 3.61. The summed E-state index contributed by atoms with van der Waals surface area (Å²) in [6.45, 7) is 5.36. The summed E-state index contributed by atoms with van der Waals surface area (Å²) in [6, 6.07) is 0. The van der Waals surface area contributed by atoms with Crippen molar-refractivity contribution >= 4 is 0 Å². The highest BCUT2D eigenvalue weighted by Gasteiger charge is 2.23. The van der Waals surface area contributed by atoms with E-state index in [0.29, 0.717) is 5.92 Å². The van der Waals surface area contributed by atoms with Crippen molar-refractivity contribution in [1.29, 1.82) is 0 Å². The van der Waals surface area contributed by atoms with E-state index in [1.807, 2.05) is 0 Å². The molecule has 1 N–H and O–H groups in total. The molecule has 2 heterocycles. The van der Waals surface area contributed by atoms with Crippen LogP contribution >= 0.6 is 0 Å². The van der Waals surface area contributed by atoms with Gasteiger partial charge in [0.25, 0.3) is 0 Å². The number of nitrogens with one attached hydrogen (secondary N) is 1.